The average molecular weight is 274 g/mol. The Bertz CT molecular complexity index is 417. The predicted molar refractivity (Wildman–Crippen MR) is 68.7 cm³/mol. The number of hydrogen-bond donors (Lipinski definition) is 1. The highest BCUT2D eigenvalue weighted by Crippen LogP contribution is 2.29. The van der Waals surface area contributed by atoms with E-state index in [9.17, 15) is 4.79 Å². The van der Waals surface area contributed by atoms with E-state index in [1.807, 2.05) is 0 Å². The highest BCUT2D eigenvalue weighted by Gasteiger charge is 2.19. The van der Waals surface area contributed by atoms with Gasteiger partial charge in [-0.25, -0.2) is 0 Å². The van der Waals surface area contributed by atoms with E-state index in [2.05, 4.69) is 5.32 Å². The quantitative estimate of drug-likeness (QED) is 0.916. The first kappa shape index (κ1) is 12.7. The van der Waals surface area contributed by atoms with E-state index < -0.39 is 0 Å². The van der Waals surface area contributed by atoms with E-state index in [-0.39, 0.29) is 12.0 Å². The lowest BCUT2D eigenvalue weighted by Crippen LogP contribution is -2.19. The number of benzene rings is 1. The molecule has 1 N–H and O–H groups in total. The number of amides is 1. The monoisotopic (exact) mass is 273 g/mol. The molecule has 0 radical (unpaired) electrons. The molecular formula is C12H13Cl2NO2. The molecule has 1 aliphatic heterocycles. The summed E-state index contributed by atoms with van der Waals surface area (Å²) in [6.45, 7) is 0.746. The molecule has 0 aliphatic carbocycles. The zero-order valence-corrected chi connectivity index (χ0v) is 10.7. The topological polar surface area (TPSA) is 38.3 Å². The molecule has 2 rings (SSSR count). The number of hydrogen-bond acceptors (Lipinski definition) is 2. The van der Waals surface area contributed by atoms with Crippen molar-refractivity contribution in [3.05, 3.63) is 28.2 Å². The highest BCUT2D eigenvalue weighted by molar-refractivity contribution is 6.43. The van der Waals surface area contributed by atoms with Gasteiger partial charge in [-0.1, -0.05) is 29.3 Å². The van der Waals surface area contributed by atoms with Crippen LogP contribution in [0.2, 0.25) is 10.0 Å². The van der Waals surface area contributed by atoms with Crippen LogP contribution < -0.4 is 5.32 Å². The fraction of sp³-hybridized carbons (Fsp3) is 0.417. The second kappa shape index (κ2) is 5.71. The molecule has 1 aromatic rings. The van der Waals surface area contributed by atoms with Crippen LogP contribution in [0.1, 0.15) is 19.3 Å². The van der Waals surface area contributed by atoms with Crippen molar-refractivity contribution in [3.63, 3.8) is 0 Å². The lowest BCUT2D eigenvalue weighted by Gasteiger charge is -2.11. The molecule has 1 saturated heterocycles. The number of carbonyl (C=O) groups excluding carboxylic acids is 1. The van der Waals surface area contributed by atoms with Crippen LogP contribution in [0.15, 0.2) is 18.2 Å². The molecule has 1 atom stereocenters. The maximum absolute atomic E-state index is 11.7. The van der Waals surface area contributed by atoms with E-state index in [1.54, 1.807) is 18.2 Å². The van der Waals surface area contributed by atoms with Crippen LogP contribution in [-0.2, 0) is 9.53 Å². The van der Waals surface area contributed by atoms with Crippen molar-refractivity contribution in [2.24, 2.45) is 0 Å². The molecular weight excluding hydrogens is 261 g/mol. The van der Waals surface area contributed by atoms with Crippen molar-refractivity contribution in [1.29, 1.82) is 0 Å². The van der Waals surface area contributed by atoms with Crippen LogP contribution in [0.4, 0.5) is 5.69 Å². The fourth-order valence-electron chi connectivity index (χ4n) is 1.81. The lowest BCUT2D eigenvalue weighted by molar-refractivity contribution is -0.118. The molecule has 1 amide bonds. The zero-order chi connectivity index (χ0) is 12.3. The standard InChI is InChI=1S/C12H13Cl2NO2/c13-9-4-1-5-10(12(9)14)15-11(16)7-8-3-2-6-17-8/h1,4-5,8H,2-3,6-7H2,(H,15,16). The Balaban J connectivity index is 1.95. The molecule has 5 heteroatoms. The first-order chi connectivity index (χ1) is 8.16. The van der Waals surface area contributed by atoms with E-state index >= 15 is 0 Å². The molecule has 0 saturated carbocycles. The molecule has 1 unspecified atom stereocenters. The van der Waals surface area contributed by atoms with Crippen LogP contribution in [0.25, 0.3) is 0 Å². The first-order valence-electron chi connectivity index (χ1n) is 5.52. The third kappa shape index (κ3) is 3.35. The van der Waals surface area contributed by atoms with Gasteiger partial charge in [0.25, 0.3) is 0 Å². The van der Waals surface area contributed by atoms with Gasteiger partial charge < -0.3 is 10.1 Å². The zero-order valence-electron chi connectivity index (χ0n) is 9.21. The molecule has 1 aliphatic rings. The Morgan fingerprint density at radius 1 is 1.47 bits per heavy atom. The van der Waals surface area contributed by atoms with Crippen LogP contribution in [0.5, 0.6) is 0 Å². The third-order valence-corrected chi connectivity index (χ3v) is 3.48. The number of carbonyl (C=O) groups is 1. The fourth-order valence-corrected chi connectivity index (χ4v) is 2.16. The first-order valence-corrected chi connectivity index (χ1v) is 6.28. The van der Waals surface area contributed by atoms with Crippen LogP contribution in [0.3, 0.4) is 0 Å². The maximum Gasteiger partial charge on any atom is 0.227 e. The molecule has 17 heavy (non-hydrogen) atoms. The molecule has 0 spiro atoms. The number of nitrogens with one attached hydrogen (secondary N) is 1. The van der Waals surface area contributed by atoms with Gasteiger partial charge in [0, 0.05) is 6.61 Å². The summed E-state index contributed by atoms with van der Waals surface area (Å²) in [7, 11) is 0. The summed E-state index contributed by atoms with van der Waals surface area (Å²) in [5.41, 5.74) is 0.544. The number of ether oxygens (including phenoxy) is 1. The highest BCUT2D eigenvalue weighted by atomic mass is 35.5. The summed E-state index contributed by atoms with van der Waals surface area (Å²) in [6, 6.07) is 5.15. The van der Waals surface area contributed by atoms with Crippen LogP contribution in [-0.4, -0.2) is 18.6 Å². The largest absolute Gasteiger partial charge is 0.378 e. The van der Waals surface area contributed by atoms with Gasteiger partial charge in [0.05, 0.1) is 28.3 Å². The van der Waals surface area contributed by atoms with Gasteiger partial charge in [-0.05, 0) is 25.0 Å². The predicted octanol–water partition coefficient (Wildman–Crippen LogP) is 3.50. The molecule has 1 aromatic carbocycles. The summed E-state index contributed by atoms with van der Waals surface area (Å²) in [4.78, 5) is 11.7. The smallest absolute Gasteiger partial charge is 0.227 e. The summed E-state index contributed by atoms with van der Waals surface area (Å²) < 4.78 is 5.40. The molecule has 1 heterocycles. The Labute approximate surface area is 110 Å². The van der Waals surface area contributed by atoms with Gasteiger partial charge in [-0.2, -0.15) is 0 Å². The van der Waals surface area contributed by atoms with Crippen molar-refractivity contribution in [2.45, 2.75) is 25.4 Å². The summed E-state index contributed by atoms with van der Waals surface area (Å²) >= 11 is 11.8. The number of rotatable bonds is 3. The summed E-state index contributed by atoms with van der Waals surface area (Å²) in [5, 5.41) is 3.54. The normalized spacial score (nSPS) is 19.3. The molecule has 0 bridgehead atoms. The van der Waals surface area contributed by atoms with E-state index in [0.29, 0.717) is 22.2 Å². The summed E-state index contributed by atoms with van der Waals surface area (Å²) in [5.74, 6) is -0.0962. The average Bonchev–Trinajstić information content (AvgIpc) is 2.77. The molecule has 1 fully saturated rings. The van der Waals surface area contributed by atoms with Gasteiger partial charge in [0.1, 0.15) is 0 Å². The Morgan fingerprint density at radius 2 is 2.29 bits per heavy atom. The van der Waals surface area contributed by atoms with Crippen molar-refractivity contribution >= 4 is 34.8 Å². The van der Waals surface area contributed by atoms with Gasteiger partial charge in [-0.15, -0.1) is 0 Å². The maximum atomic E-state index is 11.7. The Kier molecular flexibility index (Phi) is 4.26. The van der Waals surface area contributed by atoms with Crippen molar-refractivity contribution in [2.75, 3.05) is 11.9 Å². The van der Waals surface area contributed by atoms with Gasteiger partial charge >= 0.3 is 0 Å². The minimum atomic E-state index is -0.0962. The van der Waals surface area contributed by atoms with E-state index in [4.69, 9.17) is 27.9 Å². The van der Waals surface area contributed by atoms with Crippen LogP contribution >= 0.6 is 23.2 Å². The van der Waals surface area contributed by atoms with Crippen molar-refractivity contribution in [3.8, 4) is 0 Å². The summed E-state index contributed by atoms with van der Waals surface area (Å²) in [6.07, 6.45) is 2.36. The van der Waals surface area contributed by atoms with E-state index in [1.165, 1.54) is 0 Å². The minimum Gasteiger partial charge on any atom is -0.378 e. The molecule has 3 nitrogen and oxygen atoms in total. The Hall–Kier alpha value is -0.770. The van der Waals surface area contributed by atoms with Gasteiger partial charge in [-0.3, -0.25) is 4.79 Å². The second-order valence-electron chi connectivity index (χ2n) is 3.99. The molecule has 92 valence electrons. The Morgan fingerprint density at radius 3 is 3.00 bits per heavy atom. The number of halogens is 2. The number of anilines is 1. The van der Waals surface area contributed by atoms with Gasteiger partial charge in [0.15, 0.2) is 0 Å². The SMILES string of the molecule is O=C(CC1CCCO1)Nc1cccc(Cl)c1Cl. The molecule has 0 aromatic heterocycles. The van der Waals surface area contributed by atoms with Crippen molar-refractivity contribution in [1.82, 2.24) is 0 Å². The van der Waals surface area contributed by atoms with E-state index in [0.717, 1.165) is 19.4 Å². The lowest BCUT2D eigenvalue weighted by atomic mass is 10.2. The third-order valence-electron chi connectivity index (χ3n) is 2.66. The van der Waals surface area contributed by atoms with Gasteiger partial charge in [0.2, 0.25) is 5.91 Å². The second-order valence-corrected chi connectivity index (χ2v) is 4.77. The van der Waals surface area contributed by atoms with Crippen molar-refractivity contribution < 1.29 is 9.53 Å². The van der Waals surface area contributed by atoms with Crippen LogP contribution in [0, 0.1) is 0 Å². The minimum absolute atomic E-state index is 0.0351.